The maximum Gasteiger partial charge on any atom is 0.246 e. The average molecular weight is 511 g/mol. The van der Waals surface area contributed by atoms with Crippen molar-refractivity contribution in [1.82, 2.24) is 28.8 Å². The minimum atomic E-state index is -3.65. The molecule has 0 amide bonds. The molecule has 5 rings (SSSR count). The third-order valence-corrected chi connectivity index (χ3v) is 8.58. The molecule has 0 N–H and O–H groups in total. The van der Waals surface area contributed by atoms with Crippen LogP contribution in [0.1, 0.15) is 31.0 Å². The highest BCUT2D eigenvalue weighted by Gasteiger charge is 2.36. The second kappa shape index (κ2) is 9.42. The number of nitrogens with zero attached hydrogens (tertiary/aromatic N) is 6. The van der Waals surface area contributed by atoms with Crippen molar-refractivity contribution in [1.29, 1.82) is 0 Å². The van der Waals surface area contributed by atoms with Crippen LogP contribution in [0.3, 0.4) is 0 Å². The van der Waals surface area contributed by atoms with E-state index in [2.05, 4.69) is 48.0 Å². The lowest BCUT2D eigenvalue weighted by molar-refractivity contribution is 0.105. The minimum absolute atomic E-state index is 0.0915. The van der Waals surface area contributed by atoms with Crippen molar-refractivity contribution in [3.05, 3.63) is 71.9 Å². The van der Waals surface area contributed by atoms with E-state index in [4.69, 9.17) is 0 Å². The van der Waals surface area contributed by atoms with E-state index >= 15 is 0 Å². The van der Waals surface area contributed by atoms with Crippen LogP contribution in [0, 0.1) is 18.7 Å². The predicted molar refractivity (Wildman–Crippen MR) is 137 cm³/mol. The molecule has 2 aromatic heterocycles. The lowest BCUT2D eigenvalue weighted by Gasteiger charge is -2.42. The van der Waals surface area contributed by atoms with E-state index in [1.807, 2.05) is 0 Å². The fourth-order valence-corrected chi connectivity index (χ4v) is 6.44. The Hall–Kier alpha value is -3.08. The topological polar surface area (TPSA) is 76.3 Å². The number of aryl methyl sites for hydroxylation is 2. The van der Waals surface area contributed by atoms with E-state index in [0.29, 0.717) is 25.6 Å². The van der Waals surface area contributed by atoms with Crippen molar-refractivity contribution >= 4 is 20.9 Å². The van der Waals surface area contributed by atoms with Gasteiger partial charge < -0.3 is 0 Å². The van der Waals surface area contributed by atoms with Crippen molar-refractivity contribution in [3.63, 3.8) is 0 Å². The maximum absolute atomic E-state index is 13.4. The SMILES string of the molecule is Cc1cc2c(cnn2-c2ccc(F)cc2)cc1[C@@H]1CN(S(=O)(=O)c2cnn(C)c2)CCN1CC(C)C. The molecular weight excluding hydrogens is 479 g/mol. The van der Waals surface area contributed by atoms with Crippen molar-refractivity contribution in [2.45, 2.75) is 31.7 Å². The number of fused-ring (bicyclic) bond motifs is 1. The van der Waals surface area contributed by atoms with Gasteiger partial charge in [0, 0.05) is 50.9 Å². The molecule has 0 radical (unpaired) electrons. The summed E-state index contributed by atoms with van der Waals surface area (Å²) in [5.41, 5.74) is 3.86. The van der Waals surface area contributed by atoms with E-state index in [1.54, 1.807) is 40.6 Å². The zero-order valence-corrected chi connectivity index (χ0v) is 21.8. The number of halogens is 1. The van der Waals surface area contributed by atoms with Gasteiger partial charge >= 0.3 is 0 Å². The standard InChI is InChI=1S/C26H31FN6O2S/c1-18(2)15-31-9-10-32(36(34,35)23-14-28-30(4)16-23)17-26(31)24-12-20-13-29-33(25(20)11-19(24)3)22-7-5-21(27)6-8-22/h5-8,11-14,16,18,26H,9-10,15,17H2,1-4H3/t26-/m0/s1. The third kappa shape index (κ3) is 4.56. The quantitative estimate of drug-likeness (QED) is 0.393. The molecule has 0 unspecified atom stereocenters. The molecule has 1 aliphatic rings. The van der Waals surface area contributed by atoms with Crippen LogP contribution in [0.4, 0.5) is 4.39 Å². The first-order chi connectivity index (χ1) is 17.1. The van der Waals surface area contributed by atoms with Crippen LogP contribution in [0.15, 0.2) is 59.9 Å². The van der Waals surface area contributed by atoms with Gasteiger partial charge in [-0.25, -0.2) is 17.5 Å². The molecular formula is C26H31FN6O2S. The van der Waals surface area contributed by atoms with Gasteiger partial charge in [0.05, 0.1) is 23.6 Å². The molecule has 0 aliphatic carbocycles. The van der Waals surface area contributed by atoms with Crippen molar-refractivity contribution < 1.29 is 12.8 Å². The summed E-state index contributed by atoms with van der Waals surface area (Å²) in [6.45, 7) is 8.73. The molecule has 3 heterocycles. The number of sulfonamides is 1. The highest BCUT2D eigenvalue weighted by molar-refractivity contribution is 7.89. The first kappa shape index (κ1) is 24.6. The lowest BCUT2D eigenvalue weighted by Crippen LogP contribution is -2.51. The zero-order valence-electron chi connectivity index (χ0n) is 21.0. The fourth-order valence-electron chi connectivity index (χ4n) is 5.02. The van der Waals surface area contributed by atoms with Gasteiger partial charge in [0.1, 0.15) is 10.7 Å². The summed E-state index contributed by atoms with van der Waals surface area (Å²) in [7, 11) is -1.93. The smallest absolute Gasteiger partial charge is 0.246 e. The summed E-state index contributed by atoms with van der Waals surface area (Å²) in [6, 6.07) is 10.4. The monoisotopic (exact) mass is 510 g/mol. The highest BCUT2D eigenvalue weighted by atomic mass is 32.2. The van der Waals surface area contributed by atoms with Crippen molar-refractivity contribution in [2.75, 3.05) is 26.2 Å². The summed E-state index contributed by atoms with van der Waals surface area (Å²) in [4.78, 5) is 2.60. The van der Waals surface area contributed by atoms with Crippen molar-refractivity contribution in [2.24, 2.45) is 13.0 Å². The van der Waals surface area contributed by atoms with E-state index in [0.717, 1.165) is 34.3 Å². The van der Waals surface area contributed by atoms with Gasteiger partial charge in [-0.1, -0.05) is 13.8 Å². The summed E-state index contributed by atoms with van der Waals surface area (Å²) in [6.07, 6.45) is 4.76. The van der Waals surface area contributed by atoms with E-state index in [-0.39, 0.29) is 16.8 Å². The molecule has 1 aliphatic heterocycles. The number of hydrogen-bond acceptors (Lipinski definition) is 5. The second-order valence-electron chi connectivity index (χ2n) is 9.92. The molecule has 36 heavy (non-hydrogen) atoms. The van der Waals surface area contributed by atoms with Crippen LogP contribution >= 0.6 is 0 Å². The second-order valence-corrected chi connectivity index (χ2v) is 11.9. The minimum Gasteiger partial charge on any atom is -0.293 e. The Bertz CT molecular complexity index is 1490. The summed E-state index contributed by atoms with van der Waals surface area (Å²) in [5.74, 6) is 0.154. The van der Waals surface area contributed by atoms with Crippen LogP contribution in [-0.4, -0.2) is 63.4 Å². The Kier molecular flexibility index (Phi) is 6.44. The van der Waals surface area contributed by atoms with Crippen LogP contribution in [0.5, 0.6) is 0 Å². The van der Waals surface area contributed by atoms with Gasteiger partial charge in [0.15, 0.2) is 0 Å². The Morgan fingerprint density at radius 2 is 1.83 bits per heavy atom. The molecule has 190 valence electrons. The third-order valence-electron chi connectivity index (χ3n) is 6.76. The first-order valence-electron chi connectivity index (χ1n) is 12.1. The molecule has 0 saturated carbocycles. The first-order valence-corrected chi connectivity index (χ1v) is 13.5. The number of piperazine rings is 1. The number of hydrogen-bond donors (Lipinski definition) is 0. The molecule has 0 spiro atoms. The summed E-state index contributed by atoms with van der Waals surface area (Å²) in [5, 5.41) is 9.57. The average Bonchev–Trinajstić information content (AvgIpc) is 3.45. The molecule has 1 saturated heterocycles. The largest absolute Gasteiger partial charge is 0.293 e. The van der Waals surface area contributed by atoms with Crippen LogP contribution < -0.4 is 0 Å². The van der Waals surface area contributed by atoms with Gasteiger partial charge in [0.2, 0.25) is 10.0 Å². The van der Waals surface area contributed by atoms with Crippen LogP contribution in [0.2, 0.25) is 0 Å². The van der Waals surface area contributed by atoms with Gasteiger partial charge in [-0.3, -0.25) is 9.58 Å². The van der Waals surface area contributed by atoms with E-state index in [9.17, 15) is 12.8 Å². The maximum atomic E-state index is 13.4. The number of benzene rings is 2. The van der Waals surface area contributed by atoms with E-state index < -0.39 is 10.0 Å². The van der Waals surface area contributed by atoms with Gasteiger partial charge in [-0.2, -0.15) is 14.5 Å². The zero-order chi connectivity index (χ0) is 25.6. The van der Waals surface area contributed by atoms with Crippen LogP contribution in [0.25, 0.3) is 16.6 Å². The molecule has 4 aromatic rings. The molecule has 2 aromatic carbocycles. The fraction of sp³-hybridized carbons (Fsp3) is 0.385. The van der Waals surface area contributed by atoms with Gasteiger partial charge in [0.25, 0.3) is 0 Å². The van der Waals surface area contributed by atoms with E-state index in [1.165, 1.54) is 23.0 Å². The highest BCUT2D eigenvalue weighted by Crippen LogP contribution is 2.34. The summed E-state index contributed by atoms with van der Waals surface area (Å²) < 4.78 is 45.1. The van der Waals surface area contributed by atoms with Crippen molar-refractivity contribution in [3.8, 4) is 5.69 Å². The number of aromatic nitrogens is 4. The molecule has 8 nitrogen and oxygen atoms in total. The Morgan fingerprint density at radius 3 is 2.50 bits per heavy atom. The van der Waals surface area contributed by atoms with Gasteiger partial charge in [-0.15, -0.1) is 0 Å². The Labute approximate surface area is 211 Å². The predicted octanol–water partition coefficient (Wildman–Crippen LogP) is 3.91. The normalized spacial score (nSPS) is 17.9. The summed E-state index contributed by atoms with van der Waals surface area (Å²) >= 11 is 0. The van der Waals surface area contributed by atoms with Gasteiger partial charge in [-0.05, 0) is 60.4 Å². The Morgan fingerprint density at radius 1 is 1.08 bits per heavy atom. The lowest BCUT2D eigenvalue weighted by atomic mass is 9.96. The molecule has 1 atom stereocenters. The van der Waals surface area contributed by atoms with Crippen LogP contribution in [-0.2, 0) is 17.1 Å². The number of rotatable bonds is 6. The molecule has 0 bridgehead atoms. The molecule has 1 fully saturated rings. The Balaban J connectivity index is 1.53. The molecule has 10 heteroatoms.